The smallest absolute Gasteiger partial charge is 0.241 e. The monoisotopic (exact) mass is 189 g/mol. The number of hydrogen-bond acceptors (Lipinski definition) is 4. The minimum atomic E-state index is 0.461. The van der Waals surface area contributed by atoms with Crippen LogP contribution in [0, 0.1) is 0 Å². The molecule has 0 aliphatic heterocycles. The van der Waals surface area contributed by atoms with Crippen molar-refractivity contribution in [3.8, 4) is 5.88 Å². The Bertz CT molecular complexity index is 425. The Labute approximate surface area is 81.7 Å². The van der Waals surface area contributed by atoms with E-state index in [4.69, 9.17) is 10.5 Å². The van der Waals surface area contributed by atoms with Crippen LogP contribution in [-0.4, -0.2) is 23.3 Å². The fraction of sp³-hybridized carbons (Fsp3) is 0.200. The molecule has 4 heteroatoms. The van der Waals surface area contributed by atoms with E-state index in [9.17, 15) is 0 Å². The first-order valence-corrected chi connectivity index (χ1v) is 4.45. The summed E-state index contributed by atoms with van der Waals surface area (Å²) in [5, 5.41) is 9.76. The lowest BCUT2D eigenvalue weighted by Gasteiger charge is -2.05. The highest BCUT2D eigenvalue weighted by Gasteiger charge is 2.02. The van der Waals surface area contributed by atoms with E-state index in [-0.39, 0.29) is 0 Å². The molecule has 0 aliphatic rings. The summed E-state index contributed by atoms with van der Waals surface area (Å²) in [7, 11) is 0. The molecule has 0 unspecified atom stereocenters. The van der Waals surface area contributed by atoms with Crippen molar-refractivity contribution >= 4 is 10.8 Å². The number of aromatic nitrogens is 2. The molecule has 0 aliphatic carbocycles. The van der Waals surface area contributed by atoms with Crippen LogP contribution in [0.15, 0.2) is 30.5 Å². The first kappa shape index (κ1) is 8.90. The van der Waals surface area contributed by atoms with Crippen molar-refractivity contribution in [2.24, 2.45) is 5.73 Å². The van der Waals surface area contributed by atoms with Gasteiger partial charge in [0.1, 0.15) is 6.61 Å². The van der Waals surface area contributed by atoms with E-state index in [0.717, 1.165) is 10.8 Å². The van der Waals surface area contributed by atoms with Crippen molar-refractivity contribution in [2.45, 2.75) is 0 Å². The zero-order valence-corrected chi connectivity index (χ0v) is 7.68. The highest BCUT2D eigenvalue weighted by molar-refractivity contribution is 5.85. The maximum absolute atomic E-state index is 5.37. The molecule has 14 heavy (non-hydrogen) atoms. The minimum Gasteiger partial charge on any atom is -0.475 e. The lowest BCUT2D eigenvalue weighted by Crippen LogP contribution is -2.11. The molecule has 0 fully saturated rings. The molecule has 2 aromatic rings. The van der Waals surface area contributed by atoms with Crippen LogP contribution >= 0.6 is 0 Å². The number of benzene rings is 1. The quantitative estimate of drug-likeness (QED) is 0.781. The second-order valence-electron chi connectivity index (χ2n) is 2.87. The van der Waals surface area contributed by atoms with Crippen molar-refractivity contribution in [3.63, 3.8) is 0 Å². The number of ether oxygens (including phenoxy) is 1. The molecule has 72 valence electrons. The normalized spacial score (nSPS) is 10.4. The molecule has 0 spiro atoms. The summed E-state index contributed by atoms with van der Waals surface area (Å²) in [4.78, 5) is 0. The zero-order chi connectivity index (χ0) is 9.80. The maximum atomic E-state index is 5.37. The Balaban J connectivity index is 2.43. The predicted octanol–water partition coefficient (Wildman–Crippen LogP) is 0.967. The molecule has 1 aromatic carbocycles. The molecule has 1 aromatic heterocycles. The zero-order valence-electron chi connectivity index (χ0n) is 7.68. The molecule has 2 N–H and O–H groups in total. The third-order valence-corrected chi connectivity index (χ3v) is 1.89. The van der Waals surface area contributed by atoms with Crippen LogP contribution in [-0.2, 0) is 0 Å². The second-order valence-corrected chi connectivity index (χ2v) is 2.87. The first-order valence-electron chi connectivity index (χ1n) is 4.45. The van der Waals surface area contributed by atoms with Crippen LogP contribution < -0.4 is 10.5 Å². The van der Waals surface area contributed by atoms with Gasteiger partial charge in [-0.25, -0.2) is 0 Å². The molecule has 0 saturated heterocycles. The van der Waals surface area contributed by atoms with E-state index in [1.807, 2.05) is 24.3 Å². The van der Waals surface area contributed by atoms with Gasteiger partial charge in [-0.1, -0.05) is 18.2 Å². The molecule has 4 nitrogen and oxygen atoms in total. The Morgan fingerprint density at radius 2 is 2.14 bits per heavy atom. The average molecular weight is 189 g/mol. The summed E-state index contributed by atoms with van der Waals surface area (Å²) in [6.07, 6.45) is 1.71. The highest BCUT2D eigenvalue weighted by atomic mass is 16.5. The van der Waals surface area contributed by atoms with E-state index >= 15 is 0 Å². The number of nitrogens with two attached hydrogens (primary N) is 1. The van der Waals surface area contributed by atoms with Gasteiger partial charge < -0.3 is 10.5 Å². The lowest BCUT2D eigenvalue weighted by molar-refractivity contribution is 0.316. The number of nitrogens with zero attached hydrogens (tertiary/aromatic N) is 2. The standard InChI is InChI=1S/C10H11N3O/c11-5-6-14-10-9-4-2-1-3-8(9)7-12-13-10/h1-4,7H,5-6,11H2. The van der Waals surface area contributed by atoms with Gasteiger partial charge in [-0.3, -0.25) is 0 Å². The summed E-state index contributed by atoms with van der Waals surface area (Å²) in [5.74, 6) is 0.550. The Morgan fingerprint density at radius 3 is 3.00 bits per heavy atom. The summed E-state index contributed by atoms with van der Waals surface area (Å²) in [6.45, 7) is 0.938. The van der Waals surface area contributed by atoms with Crippen molar-refractivity contribution in [1.82, 2.24) is 10.2 Å². The van der Waals surface area contributed by atoms with Gasteiger partial charge >= 0.3 is 0 Å². The van der Waals surface area contributed by atoms with Gasteiger partial charge in [0.15, 0.2) is 0 Å². The topological polar surface area (TPSA) is 61.0 Å². The number of rotatable bonds is 3. The van der Waals surface area contributed by atoms with E-state index in [0.29, 0.717) is 19.0 Å². The summed E-state index contributed by atoms with van der Waals surface area (Å²) >= 11 is 0. The van der Waals surface area contributed by atoms with Crippen LogP contribution in [0.2, 0.25) is 0 Å². The fourth-order valence-corrected chi connectivity index (χ4v) is 1.26. The maximum Gasteiger partial charge on any atom is 0.241 e. The minimum absolute atomic E-state index is 0.461. The summed E-state index contributed by atoms with van der Waals surface area (Å²) in [6, 6.07) is 7.82. The number of hydrogen-bond donors (Lipinski definition) is 1. The van der Waals surface area contributed by atoms with E-state index < -0.39 is 0 Å². The van der Waals surface area contributed by atoms with Crippen LogP contribution in [0.3, 0.4) is 0 Å². The Morgan fingerprint density at radius 1 is 1.29 bits per heavy atom. The van der Waals surface area contributed by atoms with Gasteiger partial charge in [0.25, 0.3) is 0 Å². The van der Waals surface area contributed by atoms with Crippen molar-refractivity contribution in [3.05, 3.63) is 30.5 Å². The first-order chi connectivity index (χ1) is 6.92. The van der Waals surface area contributed by atoms with Gasteiger partial charge in [0.2, 0.25) is 5.88 Å². The third-order valence-electron chi connectivity index (χ3n) is 1.89. The molecular formula is C10H11N3O. The third kappa shape index (κ3) is 1.65. The average Bonchev–Trinajstić information content (AvgIpc) is 2.26. The van der Waals surface area contributed by atoms with Gasteiger partial charge in [0, 0.05) is 17.3 Å². The van der Waals surface area contributed by atoms with Crippen LogP contribution in [0.1, 0.15) is 0 Å². The Kier molecular flexibility index (Phi) is 2.55. The van der Waals surface area contributed by atoms with E-state index in [2.05, 4.69) is 10.2 Å². The van der Waals surface area contributed by atoms with Crippen molar-refractivity contribution < 1.29 is 4.74 Å². The molecule has 0 bridgehead atoms. The summed E-state index contributed by atoms with van der Waals surface area (Å²) < 4.78 is 5.37. The molecule has 0 amide bonds. The molecular weight excluding hydrogens is 178 g/mol. The van der Waals surface area contributed by atoms with Crippen LogP contribution in [0.25, 0.3) is 10.8 Å². The van der Waals surface area contributed by atoms with Crippen molar-refractivity contribution in [2.75, 3.05) is 13.2 Å². The predicted molar refractivity (Wildman–Crippen MR) is 54.1 cm³/mol. The van der Waals surface area contributed by atoms with Crippen LogP contribution in [0.5, 0.6) is 5.88 Å². The van der Waals surface area contributed by atoms with Gasteiger partial charge in [-0.05, 0) is 6.07 Å². The number of fused-ring (bicyclic) bond motifs is 1. The lowest BCUT2D eigenvalue weighted by atomic mass is 10.2. The summed E-state index contributed by atoms with van der Waals surface area (Å²) in [5.41, 5.74) is 5.35. The molecule has 0 atom stereocenters. The van der Waals surface area contributed by atoms with E-state index in [1.54, 1.807) is 6.20 Å². The van der Waals surface area contributed by atoms with Gasteiger partial charge in [-0.2, -0.15) is 5.10 Å². The molecule has 0 radical (unpaired) electrons. The van der Waals surface area contributed by atoms with Crippen molar-refractivity contribution in [1.29, 1.82) is 0 Å². The highest BCUT2D eigenvalue weighted by Crippen LogP contribution is 2.20. The van der Waals surface area contributed by atoms with Gasteiger partial charge in [-0.15, -0.1) is 5.10 Å². The van der Waals surface area contributed by atoms with Gasteiger partial charge in [0.05, 0.1) is 6.20 Å². The largest absolute Gasteiger partial charge is 0.475 e. The Hall–Kier alpha value is -1.68. The van der Waals surface area contributed by atoms with Crippen LogP contribution in [0.4, 0.5) is 0 Å². The molecule has 1 heterocycles. The molecule has 2 rings (SSSR count). The fourth-order valence-electron chi connectivity index (χ4n) is 1.26. The molecule has 0 saturated carbocycles. The van der Waals surface area contributed by atoms with E-state index in [1.165, 1.54) is 0 Å². The SMILES string of the molecule is NCCOc1nncc2ccccc12. The second kappa shape index (κ2) is 4.02.